The number of hydrazone groups is 1. The monoisotopic (exact) mass is 291 g/mol. The number of ether oxygens (including phenoxy) is 1. The number of nitrogens with two attached hydrogens (primary N) is 2. The van der Waals surface area contributed by atoms with E-state index in [4.69, 9.17) is 10.5 Å². The summed E-state index contributed by atoms with van der Waals surface area (Å²) < 4.78 is 4.84. The molecule has 0 heterocycles. The summed E-state index contributed by atoms with van der Waals surface area (Å²) in [5.41, 5.74) is 8.69. The molecule has 0 atom stereocenters. The van der Waals surface area contributed by atoms with Gasteiger partial charge in [-0.2, -0.15) is 5.10 Å². The number of benzene rings is 1. The summed E-state index contributed by atoms with van der Waals surface area (Å²) in [7, 11) is 0. The lowest BCUT2D eigenvalue weighted by atomic mass is 10.1. The van der Waals surface area contributed by atoms with Crippen LogP contribution in [-0.4, -0.2) is 31.4 Å². The van der Waals surface area contributed by atoms with Crippen LogP contribution in [0.15, 0.2) is 41.6 Å². The Kier molecular flexibility index (Phi) is 7.23. The number of carbonyl (C=O) groups is 2. The van der Waals surface area contributed by atoms with Gasteiger partial charge in [-0.1, -0.05) is 30.3 Å². The van der Waals surface area contributed by atoms with Crippen LogP contribution in [0, 0.1) is 0 Å². The van der Waals surface area contributed by atoms with E-state index in [0.29, 0.717) is 6.61 Å². The Labute approximate surface area is 122 Å². The highest BCUT2D eigenvalue weighted by Gasteiger charge is 2.04. The number of nitrogens with zero attached hydrogens (tertiary/aromatic N) is 1. The molecule has 0 aromatic heterocycles. The number of amides is 2. The zero-order valence-corrected chi connectivity index (χ0v) is 11.8. The molecule has 0 fully saturated rings. The molecule has 1 aromatic rings. The summed E-state index contributed by atoms with van der Waals surface area (Å²) >= 11 is 0. The van der Waals surface area contributed by atoms with E-state index >= 15 is 0 Å². The fraction of sp³-hybridized carbons (Fsp3) is 0.214. The number of esters is 1. The minimum atomic E-state index is -0.742. The number of urea groups is 1. The average Bonchev–Trinajstić information content (AvgIpc) is 2.46. The molecule has 0 bridgehead atoms. The maximum atomic E-state index is 11.3. The maximum Gasteiger partial charge on any atom is 0.362 e. The predicted molar refractivity (Wildman–Crippen MR) is 79.1 cm³/mol. The van der Waals surface area contributed by atoms with E-state index in [-0.39, 0.29) is 12.5 Å². The molecule has 21 heavy (non-hydrogen) atoms. The van der Waals surface area contributed by atoms with Crippen LogP contribution in [0.3, 0.4) is 0 Å². The Morgan fingerprint density at radius 2 is 2.10 bits per heavy atom. The zero-order chi connectivity index (χ0) is 15.5. The first-order chi connectivity index (χ1) is 10.1. The summed E-state index contributed by atoms with van der Waals surface area (Å²) in [5.74, 6) is -0.298. The van der Waals surface area contributed by atoms with E-state index in [1.54, 1.807) is 18.4 Å². The second-order valence-electron chi connectivity index (χ2n) is 3.97. The molecule has 0 aliphatic heterocycles. The lowest BCUT2D eigenvalue weighted by molar-refractivity contribution is -0.576. The van der Waals surface area contributed by atoms with Crippen LogP contribution in [0.1, 0.15) is 12.5 Å². The van der Waals surface area contributed by atoms with Crippen LogP contribution in [-0.2, 0) is 9.53 Å². The smallest absolute Gasteiger partial charge is 0.362 e. The van der Waals surface area contributed by atoms with Gasteiger partial charge in [-0.15, -0.1) is 0 Å². The molecule has 0 aliphatic rings. The van der Waals surface area contributed by atoms with Crippen molar-refractivity contribution in [2.24, 2.45) is 10.8 Å². The fourth-order valence-corrected chi connectivity index (χ4v) is 1.51. The van der Waals surface area contributed by atoms with Crippen LogP contribution in [0.2, 0.25) is 0 Å². The standard InChI is InChI=1S/C14H18N4O3/c1-2-21-13(19)10-16-8-12(9-17-18-14(15)20)11-6-4-3-5-7-11/h3-9,16H,2,10H2,1H3,(H3,15,18,20)/p+1/b12-8+,17-9?. The van der Waals surface area contributed by atoms with Gasteiger partial charge in [0.15, 0.2) is 6.54 Å². The predicted octanol–water partition coefficient (Wildman–Crippen LogP) is -0.192. The summed E-state index contributed by atoms with van der Waals surface area (Å²) in [6.45, 7) is 2.28. The molecule has 0 radical (unpaired) electrons. The minimum absolute atomic E-state index is 0.168. The Morgan fingerprint density at radius 3 is 2.71 bits per heavy atom. The Morgan fingerprint density at radius 1 is 1.38 bits per heavy atom. The molecule has 0 spiro atoms. The molecule has 5 N–H and O–H groups in total. The van der Waals surface area contributed by atoms with Gasteiger partial charge in [-0.05, 0) is 12.5 Å². The summed E-state index contributed by atoms with van der Waals surface area (Å²) in [6.07, 6.45) is 3.19. The first kappa shape index (κ1) is 16.4. The molecule has 1 aromatic carbocycles. The van der Waals surface area contributed by atoms with Gasteiger partial charge in [0, 0.05) is 0 Å². The van der Waals surface area contributed by atoms with Gasteiger partial charge < -0.3 is 15.8 Å². The molecule has 7 nitrogen and oxygen atoms in total. The highest BCUT2D eigenvalue weighted by atomic mass is 16.5. The first-order valence-electron chi connectivity index (χ1n) is 6.46. The topological polar surface area (TPSA) is 110 Å². The third-order valence-corrected chi connectivity index (χ3v) is 2.37. The van der Waals surface area contributed by atoms with Crippen molar-refractivity contribution < 1.29 is 19.6 Å². The van der Waals surface area contributed by atoms with Crippen LogP contribution >= 0.6 is 0 Å². The van der Waals surface area contributed by atoms with Gasteiger partial charge >= 0.3 is 12.0 Å². The normalized spacial score (nSPS) is 11.4. The summed E-state index contributed by atoms with van der Waals surface area (Å²) in [6, 6.07) is 8.69. The lowest BCUT2D eigenvalue weighted by Crippen LogP contribution is -2.80. The van der Waals surface area contributed by atoms with Crippen molar-refractivity contribution in [1.29, 1.82) is 0 Å². The van der Waals surface area contributed by atoms with Crippen LogP contribution in [0.5, 0.6) is 0 Å². The quantitative estimate of drug-likeness (QED) is 0.368. The molecule has 1 rings (SSSR count). The van der Waals surface area contributed by atoms with Crippen LogP contribution < -0.4 is 16.5 Å². The van der Waals surface area contributed by atoms with E-state index in [1.807, 2.05) is 30.3 Å². The number of allylic oxidation sites excluding steroid dienone is 1. The Bertz CT molecular complexity index is 526. The highest BCUT2D eigenvalue weighted by Crippen LogP contribution is 2.09. The van der Waals surface area contributed by atoms with Gasteiger partial charge in [0.1, 0.15) is 6.20 Å². The van der Waals surface area contributed by atoms with Crippen molar-refractivity contribution in [3.05, 3.63) is 42.1 Å². The minimum Gasteiger partial charge on any atom is -0.462 e. The van der Waals surface area contributed by atoms with Crippen LogP contribution in [0.4, 0.5) is 4.79 Å². The molecular weight excluding hydrogens is 272 g/mol. The fourth-order valence-electron chi connectivity index (χ4n) is 1.51. The second kappa shape index (κ2) is 9.27. The largest absolute Gasteiger partial charge is 0.462 e. The third-order valence-electron chi connectivity index (χ3n) is 2.37. The van der Waals surface area contributed by atoms with Crippen molar-refractivity contribution >= 4 is 23.8 Å². The molecule has 7 heteroatoms. The Balaban J connectivity index is 2.74. The van der Waals surface area contributed by atoms with Gasteiger partial charge in [0.25, 0.3) is 0 Å². The van der Waals surface area contributed by atoms with E-state index < -0.39 is 6.03 Å². The molecular formula is C14H19N4O3+. The van der Waals surface area contributed by atoms with E-state index in [9.17, 15) is 9.59 Å². The van der Waals surface area contributed by atoms with Crippen LogP contribution in [0.25, 0.3) is 5.57 Å². The number of quaternary nitrogens is 1. The van der Waals surface area contributed by atoms with E-state index in [0.717, 1.165) is 11.1 Å². The molecule has 0 aliphatic carbocycles. The number of carbonyl (C=O) groups excluding carboxylic acids is 2. The van der Waals surface area contributed by atoms with Gasteiger partial charge in [0.05, 0.1) is 18.4 Å². The van der Waals surface area contributed by atoms with Crippen molar-refractivity contribution in [3.8, 4) is 0 Å². The average molecular weight is 291 g/mol. The number of hydrogen-bond acceptors (Lipinski definition) is 4. The van der Waals surface area contributed by atoms with Crippen molar-refractivity contribution in [2.45, 2.75) is 6.92 Å². The number of rotatable bonds is 7. The number of primary amides is 1. The Hall–Kier alpha value is -2.67. The molecule has 112 valence electrons. The summed E-state index contributed by atoms with van der Waals surface area (Å²) in [4.78, 5) is 21.9. The number of nitrogens with one attached hydrogen (secondary N) is 1. The summed E-state index contributed by atoms with van der Waals surface area (Å²) in [5, 5.41) is 5.40. The molecule has 2 amide bonds. The highest BCUT2D eigenvalue weighted by molar-refractivity contribution is 6.09. The van der Waals surface area contributed by atoms with Gasteiger partial charge in [-0.25, -0.2) is 15.0 Å². The lowest BCUT2D eigenvalue weighted by Gasteiger charge is -2.02. The number of hydrogen-bond donors (Lipinski definition) is 3. The van der Waals surface area contributed by atoms with Crippen molar-refractivity contribution in [3.63, 3.8) is 0 Å². The SMILES string of the molecule is CCOC(=O)C[NH2+]/C=C(\C=NNC(N)=O)c1ccccc1. The molecule has 0 saturated carbocycles. The first-order valence-corrected chi connectivity index (χ1v) is 6.46. The molecule has 0 saturated heterocycles. The van der Waals surface area contributed by atoms with Crippen molar-refractivity contribution in [1.82, 2.24) is 5.43 Å². The maximum absolute atomic E-state index is 11.3. The van der Waals surface area contributed by atoms with E-state index in [1.165, 1.54) is 6.21 Å². The zero-order valence-electron chi connectivity index (χ0n) is 11.8. The molecule has 0 unspecified atom stereocenters. The van der Waals surface area contributed by atoms with E-state index in [2.05, 4.69) is 10.5 Å². The van der Waals surface area contributed by atoms with Crippen molar-refractivity contribution in [2.75, 3.05) is 13.2 Å². The van der Waals surface area contributed by atoms with Gasteiger partial charge in [-0.3, -0.25) is 0 Å². The second-order valence-corrected chi connectivity index (χ2v) is 3.97. The van der Waals surface area contributed by atoms with Gasteiger partial charge in [0.2, 0.25) is 0 Å². The third kappa shape index (κ3) is 6.88.